The van der Waals surface area contributed by atoms with Crippen molar-refractivity contribution in [3.05, 3.63) is 0 Å². The van der Waals surface area contributed by atoms with Crippen molar-refractivity contribution in [1.29, 1.82) is 0 Å². The molecular formula is C9H17BN2O. The summed E-state index contributed by atoms with van der Waals surface area (Å²) in [7, 11) is 7.73. The first-order valence-corrected chi connectivity index (χ1v) is 4.80. The second-order valence-electron chi connectivity index (χ2n) is 3.72. The molecule has 0 aromatic carbocycles. The maximum absolute atomic E-state index is 11.2. The van der Waals surface area contributed by atoms with Gasteiger partial charge in [0.05, 0.1) is 13.9 Å². The highest BCUT2D eigenvalue weighted by Gasteiger charge is 2.31. The van der Waals surface area contributed by atoms with Crippen LogP contribution in [0.2, 0.25) is 5.82 Å². The van der Waals surface area contributed by atoms with E-state index in [1.165, 1.54) is 0 Å². The molecule has 13 heavy (non-hydrogen) atoms. The highest BCUT2D eigenvalue weighted by Crippen LogP contribution is 2.24. The minimum absolute atomic E-state index is 0.0587. The van der Waals surface area contributed by atoms with Crippen molar-refractivity contribution >= 4 is 13.6 Å². The smallest absolute Gasteiger partial charge is 0.146 e. The van der Waals surface area contributed by atoms with E-state index >= 15 is 0 Å². The van der Waals surface area contributed by atoms with E-state index in [1.54, 1.807) is 6.92 Å². The molecule has 0 spiro atoms. The van der Waals surface area contributed by atoms with Crippen LogP contribution in [-0.4, -0.2) is 51.3 Å². The van der Waals surface area contributed by atoms with Crippen LogP contribution in [0.1, 0.15) is 13.3 Å². The van der Waals surface area contributed by atoms with Crippen molar-refractivity contribution in [2.24, 2.45) is 0 Å². The summed E-state index contributed by atoms with van der Waals surface area (Å²) in [5.74, 6) is 0.412. The summed E-state index contributed by atoms with van der Waals surface area (Å²) in [6, 6.07) is 0.0587. The fraction of sp³-hybridized carbons (Fsp3) is 0.889. The summed E-state index contributed by atoms with van der Waals surface area (Å²) in [6.45, 7) is 4.33. The second-order valence-corrected chi connectivity index (χ2v) is 3.72. The van der Waals surface area contributed by atoms with Crippen LogP contribution in [0.25, 0.3) is 0 Å². The number of carbonyl (C=O) groups is 1. The Morgan fingerprint density at radius 1 is 1.69 bits per heavy atom. The number of nitrogens with one attached hydrogen (secondary N) is 1. The fourth-order valence-electron chi connectivity index (χ4n) is 1.86. The Bertz CT molecular complexity index is 186. The van der Waals surface area contributed by atoms with Crippen molar-refractivity contribution in [1.82, 2.24) is 10.2 Å². The van der Waals surface area contributed by atoms with Gasteiger partial charge in [-0.2, -0.15) is 0 Å². The number of hydrogen-bond acceptors (Lipinski definition) is 3. The van der Waals surface area contributed by atoms with Crippen molar-refractivity contribution < 1.29 is 4.79 Å². The topological polar surface area (TPSA) is 32.3 Å². The Morgan fingerprint density at radius 3 is 2.92 bits per heavy atom. The van der Waals surface area contributed by atoms with E-state index in [9.17, 15) is 4.79 Å². The van der Waals surface area contributed by atoms with Gasteiger partial charge in [0.15, 0.2) is 0 Å². The summed E-state index contributed by atoms with van der Waals surface area (Å²) < 4.78 is 0. The zero-order chi connectivity index (χ0) is 9.84. The summed E-state index contributed by atoms with van der Waals surface area (Å²) in [5.41, 5.74) is 0. The molecule has 0 bridgehead atoms. The molecule has 1 heterocycles. The highest BCUT2D eigenvalue weighted by atomic mass is 16.1. The molecule has 0 unspecified atom stereocenters. The van der Waals surface area contributed by atoms with E-state index in [4.69, 9.17) is 7.85 Å². The van der Waals surface area contributed by atoms with Gasteiger partial charge in [0, 0.05) is 13.1 Å². The summed E-state index contributed by atoms with van der Waals surface area (Å²) in [6.07, 6.45) is 0.818. The van der Waals surface area contributed by atoms with Gasteiger partial charge in [-0.05, 0) is 26.9 Å². The summed E-state index contributed by atoms with van der Waals surface area (Å²) >= 11 is 0. The van der Waals surface area contributed by atoms with Crippen LogP contribution < -0.4 is 5.32 Å². The zero-order valence-electron chi connectivity index (χ0n) is 8.42. The molecule has 1 N–H and O–H groups in total. The summed E-state index contributed by atoms with van der Waals surface area (Å²) in [4.78, 5) is 13.4. The number of likely N-dealkylation sites (tertiary alicyclic amines) is 1. The molecule has 1 rings (SSSR count). The van der Waals surface area contributed by atoms with Crippen LogP contribution in [0, 0.1) is 0 Å². The van der Waals surface area contributed by atoms with Gasteiger partial charge in [-0.1, -0.05) is 5.82 Å². The number of hydrogen-bond donors (Lipinski definition) is 1. The van der Waals surface area contributed by atoms with Gasteiger partial charge in [0.25, 0.3) is 0 Å². The molecule has 4 heteroatoms. The van der Waals surface area contributed by atoms with Gasteiger partial charge in [0.1, 0.15) is 5.78 Å². The number of ketones is 1. The molecule has 0 aromatic heterocycles. The number of nitrogens with zero attached hydrogens (tertiary/aromatic N) is 1. The Labute approximate surface area is 81.3 Å². The lowest BCUT2D eigenvalue weighted by Crippen LogP contribution is -2.38. The lowest BCUT2D eigenvalue weighted by molar-refractivity contribution is -0.121. The van der Waals surface area contributed by atoms with Gasteiger partial charge >= 0.3 is 0 Å². The molecular weight excluding hydrogens is 163 g/mol. The van der Waals surface area contributed by atoms with Crippen LogP contribution in [-0.2, 0) is 4.79 Å². The van der Waals surface area contributed by atoms with Gasteiger partial charge in [0.2, 0.25) is 0 Å². The molecule has 72 valence electrons. The van der Waals surface area contributed by atoms with Crippen molar-refractivity contribution in [3.8, 4) is 0 Å². The molecule has 3 nitrogen and oxygen atoms in total. The quantitative estimate of drug-likeness (QED) is 0.609. The Balaban J connectivity index is 2.45. The standard InChI is InChI=1S/C9H17BN2O/c1-7(13)9-5-8(10)6-12(9)4-3-11-2/h8-9,11H,3-6H2,1-2H3/t8-,9-/m1/s1. The van der Waals surface area contributed by atoms with Gasteiger partial charge < -0.3 is 5.32 Å². The zero-order valence-corrected chi connectivity index (χ0v) is 8.42. The Kier molecular flexibility index (Phi) is 3.94. The number of likely N-dealkylation sites (N-methyl/N-ethyl adjacent to an activating group) is 1. The van der Waals surface area contributed by atoms with Gasteiger partial charge in [-0.25, -0.2) is 0 Å². The minimum atomic E-state index is 0.0587. The molecule has 1 fully saturated rings. The largest absolute Gasteiger partial charge is 0.318 e. The Morgan fingerprint density at radius 2 is 2.38 bits per heavy atom. The first-order valence-electron chi connectivity index (χ1n) is 4.80. The molecule has 2 atom stereocenters. The van der Waals surface area contributed by atoms with E-state index in [0.717, 1.165) is 26.1 Å². The third-order valence-corrected chi connectivity index (χ3v) is 2.55. The molecule has 0 saturated carbocycles. The third-order valence-electron chi connectivity index (χ3n) is 2.55. The van der Waals surface area contributed by atoms with Crippen LogP contribution >= 0.6 is 0 Å². The van der Waals surface area contributed by atoms with E-state index in [0.29, 0.717) is 0 Å². The Hall–Kier alpha value is -0.345. The van der Waals surface area contributed by atoms with E-state index in [2.05, 4.69) is 10.2 Å². The molecule has 0 aliphatic carbocycles. The molecule has 1 saturated heterocycles. The second kappa shape index (κ2) is 4.77. The minimum Gasteiger partial charge on any atom is -0.318 e. The molecule has 2 radical (unpaired) electrons. The average Bonchev–Trinajstić information content (AvgIpc) is 2.43. The SMILES string of the molecule is [B][C@@H]1C[C@H](C(C)=O)N(CCNC)C1. The molecule has 0 aromatic rings. The molecule has 1 aliphatic rings. The van der Waals surface area contributed by atoms with E-state index in [-0.39, 0.29) is 17.6 Å². The van der Waals surface area contributed by atoms with Crippen LogP contribution in [0.3, 0.4) is 0 Å². The lowest BCUT2D eigenvalue weighted by Gasteiger charge is -2.21. The lowest BCUT2D eigenvalue weighted by atomic mass is 9.85. The molecule has 0 amide bonds. The van der Waals surface area contributed by atoms with Crippen LogP contribution in [0.15, 0.2) is 0 Å². The van der Waals surface area contributed by atoms with E-state index in [1.807, 2.05) is 7.05 Å². The third kappa shape index (κ3) is 2.81. The maximum atomic E-state index is 11.2. The number of rotatable bonds is 4. The summed E-state index contributed by atoms with van der Waals surface area (Å²) in [5, 5.41) is 3.08. The van der Waals surface area contributed by atoms with Crippen molar-refractivity contribution in [3.63, 3.8) is 0 Å². The highest BCUT2D eigenvalue weighted by molar-refractivity contribution is 6.12. The number of carbonyl (C=O) groups excluding carboxylic acids is 1. The van der Waals surface area contributed by atoms with E-state index < -0.39 is 0 Å². The van der Waals surface area contributed by atoms with Crippen LogP contribution in [0.5, 0.6) is 0 Å². The molecule has 1 aliphatic heterocycles. The predicted octanol–water partition coefficient (Wildman–Crippen LogP) is -0.174. The first kappa shape index (κ1) is 10.7. The maximum Gasteiger partial charge on any atom is 0.146 e. The monoisotopic (exact) mass is 180 g/mol. The van der Waals surface area contributed by atoms with Crippen LogP contribution in [0.4, 0.5) is 0 Å². The van der Waals surface area contributed by atoms with Crippen molar-refractivity contribution in [2.75, 3.05) is 26.7 Å². The number of Topliss-reactive ketones (excluding diaryl/α,β-unsaturated/α-hetero) is 1. The van der Waals surface area contributed by atoms with Gasteiger partial charge in [-0.3, -0.25) is 9.69 Å². The predicted molar refractivity (Wildman–Crippen MR) is 54.1 cm³/mol. The average molecular weight is 180 g/mol. The van der Waals surface area contributed by atoms with Gasteiger partial charge in [-0.15, -0.1) is 0 Å². The first-order chi connectivity index (χ1) is 6.15. The normalized spacial score (nSPS) is 29.4. The van der Waals surface area contributed by atoms with Crippen molar-refractivity contribution in [2.45, 2.75) is 25.2 Å². The fourth-order valence-corrected chi connectivity index (χ4v) is 1.86.